The van der Waals surface area contributed by atoms with E-state index in [9.17, 15) is 4.79 Å². The van der Waals surface area contributed by atoms with Crippen LogP contribution in [0.15, 0.2) is 30.3 Å². The summed E-state index contributed by atoms with van der Waals surface area (Å²) in [6.45, 7) is 3.82. The van der Waals surface area contributed by atoms with Crippen LogP contribution in [0.4, 0.5) is 5.69 Å². The van der Waals surface area contributed by atoms with E-state index in [0.717, 1.165) is 16.8 Å². The zero-order valence-corrected chi connectivity index (χ0v) is 14.3. The lowest BCUT2D eigenvalue weighted by atomic mass is 10.1. The third-order valence-electron chi connectivity index (χ3n) is 3.12. The summed E-state index contributed by atoms with van der Waals surface area (Å²) < 4.78 is 5.37. The van der Waals surface area contributed by atoms with Crippen LogP contribution >= 0.6 is 34.8 Å². The molecule has 0 unspecified atom stereocenters. The van der Waals surface area contributed by atoms with E-state index < -0.39 is 0 Å². The van der Waals surface area contributed by atoms with Crippen LogP contribution in [-0.4, -0.2) is 12.5 Å². The summed E-state index contributed by atoms with van der Waals surface area (Å²) in [5.74, 6) is 0.0247. The zero-order chi connectivity index (χ0) is 16.3. The highest BCUT2D eigenvalue weighted by atomic mass is 35.5. The van der Waals surface area contributed by atoms with Gasteiger partial charge in [0.15, 0.2) is 6.61 Å². The number of nitrogens with one attached hydrogen (secondary N) is 1. The molecule has 0 aliphatic heterocycles. The van der Waals surface area contributed by atoms with Crippen molar-refractivity contribution in [1.29, 1.82) is 0 Å². The maximum atomic E-state index is 11.9. The minimum atomic E-state index is -0.287. The lowest BCUT2D eigenvalue weighted by molar-refractivity contribution is -0.118. The van der Waals surface area contributed by atoms with E-state index in [1.54, 1.807) is 0 Å². The molecular formula is C16H14Cl3NO2. The number of anilines is 1. The Labute approximate surface area is 144 Å². The molecule has 3 nitrogen and oxygen atoms in total. The van der Waals surface area contributed by atoms with Gasteiger partial charge in [0.05, 0.1) is 15.1 Å². The van der Waals surface area contributed by atoms with E-state index in [4.69, 9.17) is 39.5 Å². The first-order valence-electron chi connectivity index (χ1n) is 6.51. The number of ether oxygens (including phenoxy) is 1. The van der Waals surface area contributed by atoms with Crippen LogP contribution in [0.1, 0.15) is 11.1 Å². The highest BCUT2D eigenvalue weighted by Crippen LogP contribution is 2.33. The fraction of sp³-hybridized carbons (Fsp3) is 0.188. The minimum absolute atomic E-state index is 0.176. The maximum absolute atomic E-state index is 11.9. The molecule has 1 N–H and O–H groups in total. The first-order chi connectivity index (χ1) is 10.4. The van der Waals surface area contributed by atoms with Crippen molar-refractivity contribution in [1.82, 2.24) is 0 Å². The van der Waals surface area contributed by atoms with Crippen molar-refractivity contribution in [3.63, 3.8) is 0 Å². The van der Waals surface area contributed by atoms with E-state index in [0.29, 0.717) is 20.8 Å². The minimum Gasteiger partial charge on any atom is -0.482 e. The van der Waals surface area contributed by atoms with Crippen LogP contribution in [0.3, 0.4) is 0 Å². The number of amides is 1. The molecule has 0 radical (unpaired) electrons. The Morgan fingerprint density at radius 3 is 2.36 bits per heavy atom. The van der Waals surface area contributed by atoms with Gasteiger partial charge in [0.25, 0.3) is 5.91 Å². The average Bonchev–Trinajstić information content (AvgIpc) is 2.45. The fourth-order valence-electron chi connectivity index (χ4n) is 1.77. The summed E-state index contributed by atoms with van der Waals surface area (Å²) in [6, 6.07) is 8.64. The molecule has 0 saturated heterocycles. The van der Waals surface area contributed by atoms with Gasteiger partial charge in [-0.3, -0.25) is 4.79 Å². The Morgan fingerprint density at radius 1 is 1.00 bits per heavy atom. The molecule has 116 valence electrons. The zero-order valence-electron chi connectivity index (χ0n) is 12.0. The monoisotopic (exact) mass is 357 g/mol. The van der Waals surface area contributed by atoms with Crippen molar-refractivity contribution in [2.45, 2.75) is 13.8 Å². The Kier molecular flexibility index (Phi) is 5.57. The van der Waals surface area contributed by atoms with E-state index >= 15 is 0 Å². The number of aryl methyl sites for hydroxylation is 2. The first kappa shape index (κ1) is 16.9. The predicted molar refractivity (Wildman–Crippen MR) is 91.5 cm³/mol. The third kappa shape index (κ3) is 4.29. The number of benzene rings is 2. The second-order valence-electron chi connectivity index (χ2n) is 4.83. The largest absolute Gasteiger partial charge is 0.482 e. The van der Waals surface area contributed by atoms with Crippen molar-refractivity contribution in [2.75, 3.05) is 11.9 Å². The lowest BCUT2D eigenvalue weighted by Crippen LogP contribution is -2.20. The lowest BCUT2D eigenvalue weighted by Gasteiger charge is -2.10. The van der Waals surface area contributed by atoms with Crippen molar-refractivity contribution in [2.24, 2.45) is 0 Å². The van der Waals surface area contributed by atoms with Gasteiger partial charge in [0, 0.05) is 11.8 Å². The molecule has 0 saturated carbocycles. The van der Waals surface area contributed by atoms with Gasteiger partial charge >= 0.3 is 0 Å². The molecule has 0 fully saturated rings. The SMILES string of the molecule is Cc1ccc(NC(=O)COc2cc(Cl)c(Cl)cc2Cl)cc1C. The molecule has 2 aromatic carbocycles. The van der Waals surface area contributed by atoms with Crippen LogP contribution in [-0.2, 0) is 4.79 Å². The summed E-state index contributed by atoms with van der Waals surface area (Å²) in [7, 11) is 0. The summed E-state index contributed by atoms with van der Waals surface area (Å²) in [5.41, 5.74) is 2.99. The van der Waals surface area contributed by atoms with Gasteiger partial charge in [-0.2, -0.15) is 0 Å². The van der Waals surface area contributed by atoms with Gasteiger partial charge < -0.3 is 10.1 Å². The number of carbonyl (C=O) groups excluding carboxylic acids is 1. The van der Waals surface area contributed by atoms with Crippen LogP contribution in [0, 0.1) is 13.8 Å². The molecule has 0 heterocycles. The molecule has 22 heavy (non-hydrogen) atoms. The molecule has 2 aromatic rings. The Bertz CT molecular complexity index is 717. The molecule has 0 bridgehead atoms. The molecular weight excluding hydrogens is 345 g/mol. The van der Waals surface area contributed by atoms with Gasteiger partial charge in [-0.25, -0.2) is 0 Å². The fourth-order valence-corrected chi connectivity index (χ4v) is 2.37. The molecule has 0 aliphatic carbocycles. The number of carbonyl (C=O) groups is 1. The Balaban J connectivity index is 1.98. The summed E-state index contributed by atoms with van der Waals surface area (Å²) in [5, 5.41) is 3.71. The quantitative estimate of drug-likeness (QED) is 0.755. The Hall–Kier alpha value is -1.42. The molecule has 1 amide bonds. The van der Waals surface area contributed by atoms with Crippen molar-refractivity contribution in [3.8, 4) is 5.75 Å². The van der Waals surface area contributed by atoms with E-state index in [1.165, 1.54) is 12.1 Å². The van der Waals surface area contributed by atoms with Crippen molar-refractivity contribution >= 4 is 46.4 Å². The van der Waals surface area contributed by atoms with Crippen LogP contribution in [0.5, 0.6) is 5.75 Å². The average molecular weight is 359 g/mol. The van der Waals surface area contributed by atoms with E-state index in [1.807, 2.05) is 32.0 Å². The molecule has 0 aromatic heterocycles. The van der Waals surface area contributed by atoms with Crippen LogP contribution < -0.4 is 10.1 Å². The van der Waals surface area contributed by atoms with E-state index in [-0.39, 0.29) is 12.5 Å². The van der Waals surface area contributed by atoms with Crippen LogP contribution in [0.25, 0.3) is 0 Å². The molecule has 0 aliphatic rings. The summed E-state index contributed by atoms with van der Waals surface area (Å²) >= 11 is 17.7. The predicted octanol–water partition coefficient (Wildman–Crippen LogP) is 5.28. The first-order valence-corrected chi connectivity index (χ1v) is 7.64. The molecule has 0 atom stereocenters. The maximum Gasteiger partial charge on any atom is 0.262 e. The molecule has 2 rings (SSSR count). The summed E-state index contributed by atoms with van der Waals surface area (Å²) in [6.07, 6.45) is 0. The van der Waals surface area contributed by atoms with Gasteiger partial charge in [-0.05, 0) is 43.2 Å². The number of hydrogen-bond donors (Lipinski definition) is 1. The molecule has 0 spiro atoms. The third-order valence-corrected chi connectivity index (χ3v) is 4.14. The second-order valence-corrected chi connectivity index (χ2v) is 6.05. The van der Waals surface area contributed by atoms with Gasteiger partial charge in [0.2, 0.25) is 0 Å². The normalized spacial score (nSPS) is 10.4. The van der Waals surface area contributed by atoms with Crippen molar-refractivity contribution < 1.29 is 9.53 Å². The van der Waals surface area contributed by atoms with Crippen molar-refractivity contribution in [3.05, 3.63) is 56.5 Å². The highest BCUT2D eigenvalue weighted by Gasteiger charge is 2.10. The standard InChI is InChI=1S/C16H14Cl3NO2/c1-9-3-4-11(5-10(9)2)20-16(21)8-22-15-7-13(18)12(17)6-14(15)19/h3-7H,8H2,1-2H3,(H,20,21). The number of hydrogen-bond acceptors (Lipinski definition) is 2. The second kappa shape index (κ2) is 7.23. The Morgan fingerprint density at radius 2 is 1.68 bits per heavy atom. The highest BCUT2D eigenvalue weighted by molar-refractivity contribution is 6.43. The van der Waals surface area contributed by atoms with Gasteiger partial charge in [-0.15, -0.1) is 0 Å². The van der Waals surface area contributed by atoms with Gasteiger partial charge in [-0.1, -0.05) is 40.9 Å². The molecule has 6 heteroatoms. The number of halogens is 3. The number of rotatable bonds is 4. The smallest absolute Gasteiger partial charge is 0.262 e. The van der Waals surface area contributed by atoms with Crippen LogP contribution in [0.2, 0.25) is 15.1 Å². The van der Waals surface area contributed by atoms with E-state index in [2.05, 4.69) is 5.32 Å². The van der Waals surface area contributed by atoms with Gasteiger partial charge in [0.1, 0.15) is 5.75 Å². The topological polar surface area (TPSA) is 38.3 Å². The summed E-state index contributed by atoms with van der Waals surface area (Å²) in [4.78, 5) is 11.9.